The van der Waals surface area contributed by atoms with Gasteiger partial charge in [0.05, 0.1) is 100 Å². The zero-order chi connectivity index (χ0) is 145. The molecule has 23 aromatic carbocycles. The van der Waals surface area contributed by atoms with E-state index in [4.69, 9.17) is 84.1 Å². The van der Waals surface area contributed by atoms with Crippen LogP contribution in [0.2, 0.25) is 0 Å². The Morgan fingerprint density at radius 1 is 0.138 bits per heavy atom. The van der Waals surface area contributed by atoms with Crippen molar-refractivity contribution in [3.05, 3.63) is 447 Å². The summed E-state index contributed by atoms with van der Waals surface area (Å²) in [6.45, 7) is 0. The Morgan fingerprint density at radius 3 is 0.724 bits per heavy atom. The molecule has 3 aliphatic rings. The van der Waals surface area contributed by atoms with Crippen LogP contribution in [0.3, 0.4) is 0 Å². The van der Waals surface area contributed by atoms with E-state index in [1.54, 1.807) is 0 Å². The maximum atomic E-state index is 9.83. The van der Waals surface area contributed by atoms with Gasteiger partial charge >= 0.3 is 0 Å². The van der Waals surface area contributed by atoms with Crippen LogP contribution in [0.1, 0.15) is 100 Å². The Balaban J connectivity index is 0.000000147. The minimum absolute atomic E-state index is 0.304. The van der Waals surface area contributed by atoms with Crippen molar-refractivity contribution < 1.29 is 114 Å². The molecule has 0 saturated carbocycles. The molecule has 0 spiro atoms. The van der Waals surface area contributed by atoms with Crippen LogP contribution >= 0.6 is 0 Å². The minimum atomic E-state index is -1.05. The van der Waals surface area contributed by atoms with Crippen LogP contribution in [-0.4, -0.2) is 0 Å². The van der Waals surface area contributed by atoms with Gasteiger partial charge in [0.25, 0.3) is 0 Å². The Morgan fingerprint density at radius 2 is 0.366 bits per heavy atom. The van der Waals surface area contributed by atoms with Gasteiger partial charge in [-0.1, -0.05) is 387 Å². The first-order valence-corrected chi connectivity index (χ1v) is 36.3. The van der Waals surface area contributed by atoms with E-state index in [1.807, 2.05) is 0 Å². The van der Waals surface area contributed by atoms with E-state index in [0.717, 1.165) is 6.07 Å². The molecular formula is C120H74O3. The summed E-state index contributed by atoms with van der Waals surface area (Å²) >= 11 is 0. The summed E-state index contributed by atoms with van der Waals surface area (Å²) < 4.78 is 666. The number of hydrogen-bond acceptors (Lipinski definition) is 3. The summed E-state index contributed by atoms with van der Waals surface area (Å²) in [5.74, 6) is -3.46. The predicted molar refractivity (Wildman–Crippen MR) is 517 cm³/mol. The lowest BCUT2D eigenvalue weighted by Gasteiger charge is -2.23. The summed E-state index contributed by atoms with van der Waals surface area (Å²) in [6.07, 6.45) is 0. The van der Waals surface area contributed by atoms with E-state index < -0.39 is 679 Å². The Bertz CT molecular complexity index is 12700. The number of ether oxygens (including phenoxy) is 3. The van der Waals surface area contributed by atoms with Gasteiger partial charge in [-0.05, 0) is 247 Å². The molecule has 3 heteroatoms. The van der Waals surface area contributed by atoms with Crippen LogP contribution in [0.25, 0.3) is 219 Å². The fourth-order valence-corrected chi connectivity index (χ4v) is 15.0. The molecule has 3 nitrogen and oxygen atoms in total. The Kier molecular flexibility index (Phi) is 6.95. The van der Waals surface area contributed by atoms with Crippen molar-refractivity contribution in [2.75, 3.05) is 0 Å². The SMILES string of the molecule is [2H]c1c([2H])c([2H])c(-c2c([2H])c([2H])c(-c3c4c([2H])c([2H])c([2H])c([2H])c4c(-c4c([2H])c([2H])c5c(c4[2H])-c4c([2H])c([2H])c([2H])c6c([2H])c([2H])c([2H])c(c46)O5)c4c([2H])c([2H])c([2H])c([2H])c34)c([2H])c2[2H])c([2H])c1[2H].[2H]c1c([2H])c([2H])c(-c2c3c([2H])c([2H])c([2H])c([2H])c3c(-c3c([2H])c([2H])c4c(c3[2H])-c3c([2H])c([2H])c([2H])c5c([2H])c([2H])c([2H])c(c35)O4)c3c([2H])c([2H])c([2H])c([2H])c23)c([2H])c1[2H].[2H]c1cc2c(-c3c([2H])c([2H])c4c(c3[2H])-c3c([2H])c([2H])c([2H])c5c([2H])c([2H])c([2H])c(c35)O4)c3c([2H])c([2H])c([2H])c([2H])c3c(-c3c([2H])c([2H])c([2H])c(-c4c([2H])c([2H])c([2H])c([2H])c4[2H])c3[2H])c2c([2H])c1[2H]. The highest BCUT2D eigenvalue weighted by molar-refractivity contribution is 6.25. The topological polar surface area (TPSA) is 27.7 Å². The van der Waals surface area contributed by atoms with Crippen molar-refractivity contribution >= 4 is 97.0 Å². The Labute approximate surface area is 814 Å². The first-order valence-electron chi connectivity index (χ1n) is 72.8. The summed E-state index contributed by atoms with van der Waals surface area (Å²) in [6, 6.07) is -62.7. The molecule has 0 N–H and O–H groups in total. The fraction of sp³-hybridized carbons (Fsp3) is 0. The average Bonchev–Trinajstić information content (AvgIpc) is 0.681. The van der Waals surface area contributed by atoms with E-state index in [0.29, 0.717) is 0 Å². The molecule has 0 aliphatic carbocycles. The lowest BCUT2D eigenvalue weighted by atomic mass is 9.84. The van der Waals surface area contributed by atoms with E-state index in [9.17, 15) is 30.2 Å². The molecule has 0 saturated heterocycles. The molecule has 3 aliphatic heterocycles. The van der Waals surface area contributed by atoms with Gasteiger partial charge < -0.3 is 14.2 Å². The molecular weight excluding hydrogens is 1490 g/mol. The molecule has 123 heavy (non-hydrogen) atoms. The van der Waals surface area contributed by atoms with Crippen molar-refractivity contribution in [1.82, 2.24) is 0 Å². The maximum Gasteiger partial charge on any atom is 0.135 e. The number of fused-ring (bicyclic) bond motifs is 12. The fourth-order valence-electron chi connectivity index (χ4n) is 15.0. The second-order valence-corrected chi connectivity index (χ2v) is 26.6. The largest absolute Gasteiger partial charge is 0.456 e. The Hall–Kier alpha value is -16.2. The van der Waals surface area contributed by atoms with E-state index >= 15 is 0 Å². The molecule has 0 aromatic heterocycles. The van der Waals surface area contributed by atoms with Gasteiger partial charge in [0, 0.05) is 32.8 Å². The van der Waals surface area contributed by atoms with E-state index in [1.165, 1.54) is 0 Å². The van der Waals surface area contributed by atoms with Gasteiger partial charge in [-0.3, -0.25) is 0 Å². The number of benzene rings is 23. The van der Waals surface area contributed by atoms with Crippen LogP contribution < -0.4 is 14.2 Å². The molecule has 3 heterocycles. The van der Waals surface area contributed by atoms with Crippen molar-refractivity contribution in [1.29, 1.82) is 0 Å². The van der Waals surface area contributed by atoms with Gasteiger partial charge in [-0.2, -0.15) is 0 Å². The second kappa shape index (κ2) is 29.4. The van der Waals surface area contributed by atoms with Gasteiger partial charge in [0.1, 0.15) is 34.5 Å². The van der Waals surface area contributed by atoms with Crippen molar-refractivity contribution in [2.45, 2.75) is 0 Å². The number of rotatable bonds is 8. The standard InChI is InChI=1S/2C42H26O.C36H22O/c1-2-11-27(12-3-1)29-15-8-16-30(25-29)40-32-17-4-6-19-34(32)41(35-20-7-5-18-33(35)40)31-23-24-38-37(26-31)36-21-9-13-28-14-10-22-39(43-38)42(28)36;1-2-10-27(11-3-1)28-20-22-30(23-21-28)40-32-14-4-6-16-34(32)41(35-17-7-5-15-33(35)40)31-24-25-38-37(26-31)36-18-8-12-29-13-9-19-39(43-38)42(29)36;1-2-10-23(11-3-1)34-26-14-4-6-16-28(26)35(29-17-7-5-15-27(29)34)25-20-21-32-31(22-25)30-18-8-12-24-13-9-19-33(37-32)36(24)30/h2*1-26H;1-22H/i1D,2D,3D,4D,5D,6D,7D,8D,9D,10D,11D,12D,13D,14D,15D,16D,17D,18D,19D,21D,22D,23D,24D,25D,26D;1D,2D,3D,4D,5D,6D,7D,8D,9D,10D,11D,12D,13D,14D,15D,16D,17D,18D,19D,20D,21D,22D,23D,24D,25D,26D;1D,2D,3D,4D,5D,6D,7D,8D,9D,10D,11D,12D,13D,14D,15D,16D,17D,18D,19D,20D,21D,22D. The summed E-state index contributed by atoms with van der Waals surface area (Å²) in [4.78, 5) is 0. The second-order valence-electron chi connectivity index (χ2n) is 26.6. The third-order valence-corrected chi connectivity index (χ3v) is 20.0. The molecule has 0 atom stereocenters. The van der Waals surface area contributed by atoms with Crippen molar-refractivity contribution in [3.63, 3.8) is 0 Å². The highest BCUT2D eigenvalue weighted by Gasteiger charge is 2.28. The molecule has 0 fully saturated rings. The average molecular weight is 1640 g/mol. The summed E-state index contributed by atoms with van der Waals surface area (Å²) in [5.41, 5.74) is -14.2. The molecule has 572 valence electrons. The molecule has 26 rings (SSSR count). The molecule has 0 radical (unpaired) electrons. The zero-order valence-corrected chi connectivity index (χ0v) is 61.3. The highest BCUT2D eigenvalue weighted by atomic mass is 16.5. The highest BCUT2D eigenvalue weighted by Crippen LogP contribution is 2.55. The molecule has 0 unspecified atom stereocenters. The normalized spacial score (nSPS) is 20.2. The van der Waals surface area contributed by atoms with Crippen LogP contribution in [0, 0.1) is 0 Å². The van der Waals surface area contributed by atoms with Gasteiger partial charge in [0.2, 0.25) is 0 Å². The lowest BCUT2D eigenvalue weighted by Crippen LogP contribution is -1.98. The van der Waals surface area contributed by atoms with Crippen LogP contribution in [0.4, 0.5) is 0 Å². The zero-order valence-electron chi connectivity index (χ0n) is 134. The van der Waals surface area contributed by atoms with Gasteiger partial charge in [0.15, 0.2) is 0 Å². The first-order chi connectivity index (χ1) is 91.4. The van der Waals surface area contributed by atoms with Gasteiger partial charge in [-0.15, -0.1) is 0 Å². The van der Waals surface area contributed by atoms with Crippen molar-refractivity contribution in [3.8, 4) is 157 Å². The lowest BCUT2D eigenvalue weighted by molar-refractivity contribution is 0.487. The molecule has 0 bridgehead atoms. The minimum Gasteiger partial charge on any atom is -0.456 e. The summed E-state index contributed by atoms with van der Waals surface area (Å²) in [5, 5.41) is -9.95. The van der Waals surface area contributed by atoms with E-state index in [-0.39, 0.29) is 16.2 Å². The molecule has 23 aromatic rings. The quantitative estimate of drug-likeness (QED) is 0.142. The smallest absolute Gasteiger partial charge is 0.135 e. The van der Waals surface area contributed by atoms with Crippen LogP contribution in [0.5, 0.6) is 34.5 Å². The number of hydrogen-bond donors (Lipinski definition) is 0. The third kappa shape index (κ3) is 12.0. The van der Waals surface area contributed by atoms with Gasteiger partial charge in [-0.25, -0.2) is 0 Å². The molecule has 0 amide bonds. The monoisotopic (exact) mass is 1640 g/mol. The first kappa shape index (κ1) is 29.1. The van der Waals surface area contributed by atoms with E-state index in [2.05, 4.69) is 0 Å². The van der Waals surface area contributed by atoms with Crippen LogP contribution in [0.15, 0.2) is 447 Å². The van der Waals surface area contributed by atoms with Crippen molar-refractivity contribution in [2.24, 2.45) is 0 Å². The summed E-state index contributed by atoms with van der Waals surface area (Å²) in [7, 11) is 0. The predicted octanol–water partition coefficient (Wildman–Crippen LogP) is 34.1. The third-order valence-electron chi connectivity index (χ3n) is 20.0. The van der Waals surface area contributed by atoms with Crippen LogP contribution in [-0.2, 0) is 0 Å². The maximum absolute atomic E-state index is 9.83.